The van der Waals surface area contributed by atoms with E-state index >= 15 is 0 Å². The van der Waals surface area contributed by atoms with Crippen molar-refractivity contribution >= 4 is 5.78 Å². The van der Waals surface area contributed by atoms with Gasteiger partial charge in [-0.2, -0.15) is 0 Å². The lowest BCUT2D eigenvalue weighted by atomic mass is 9.97. The molecular formula is C14H25NO2. The van der Waals surface area contributed by atoms with Crippen molar-refractivity contribution in [2.45, 2.75) is 57.4 Å². The summed E-state index contributed by atoms with van der Waals surface area (Å²) in [7, 11) is 0. The molecule has 2 unspecified atom stereocenters. The summed E-state index contributed by atoms with van der Waals surface area (Å²) < 4.78 is 0. The van der Waals surface area contributed by atoms with Crippen molar-refractivity contribution in [3.05, 3.63) is 0 Å². The van der Waals surface area contributed by atoms with Gasteiger partial charge in [0.2, 0.25) is 0 Å². The van der Waals surface area contributed by atoms with Crippen LogP contribution in [-0.2, 0) is 4.79 Å². The minimum Gasteiger partial charge on any atom is -0.396 e. The summed E-state index contributed by atoms with van der Waals surface area (Å²) in [5.41, 5.74) is 0. The normalized spacial score (nSPS) is 31.0. The Hall–Kier alpha value is -0.410. The average Bonchev–Trinajstić information content (AvgIpc) is 2.74. The molecule has 0 spiro atoms. The Balaban J connectivity index is 1.77. The van der Waals surface area contributed by atoms with E-state index in [1.807, 2.05) is 0 Å². The molecule has 0 aromatic rings. The number of carbonyl (C=O) groups excluding carboxylic acids is 1. The maximum Gasteiger partial charge on any atom is 0.136 e. The lowest BCUT2D eigenvalue weighted by Crippen LogP contribution is -2.41. The van der Waals surface area contributed by atoms with E-state index in [0.717, 1.165) is 45.2 Å². The number of hydrogen-bond acceptors (Lipinski definition) is 3. The van der Waals surface area contributed by atoms with Crippen molar-refractivity contribution in [3.8, 4) is 0 Å². The molecule has 17 heavy (non-hydrogen) atoms. The summed E-state index contributed by atoms with van der Waals surface area (Å²) >= 11 is 0. The zero-order valence-electron chi connectivity index (χ0n) is 10.7. The zero-order valence-corrected chi connectivity index (χ0v) is 10.7. The molecule has 0 radical (unpaired) electrons. The fraction of sp³-hybridized carbons (Fsp3) is 0.929. The van der Waals surface area contributed by atoms with E-state index in [4.69, 9.17) is 5.11 Å². The molecule has 2 fully saturated rings. The number of likely N-dealkylation sites (tertiary alicyclic amines) is 1. The second-order valence-electron chi connectivity index (χ2n) is 5.54. The van der Waals surface area contributed by atoms with Crippen LogP contribution in [0.25, 0.3) is 0 Å². The van der Waals surface area contributed by atoms with Crippen LogP contribution in [0.2, 0.25) is 0 Å². The van der Waals surface area contributed by atoms with E-state index in [2.05, 4.69) is 4.90 Å². The molecule has 2 aliphatic rings. The monoisotopic (exact) mass is 239 g/mol. The third-order valence-electron chi connectivity index (χ3n) is 4.41. The van der Waals surface area contributed by atoms with Crippen molar-refractivity contribution in [3.63, 3.8) is 0 Å². The quantitative estimate of drug-likeness (QED) is 0.797. The smallest absolute Gasteiger partial charge is 0.136 e. The topological polar surface area (TPSA) is 40.5 Å². The first-order valence-electron chi connectivity index (χ1n) is 7.19. The van der Waals surface area contributed by atoms with Crippen LogP contribution in [0, 0.1) is 5.92 Å². The van der Waals surface area contributed by atoms with Crippen LogP contribution < -0.4 is 0 Å². The summed E-state index contributed by atoms with van der Waals surface area (Å²) in [5, 5.41) is 9.08. The third kappa shape index (κ3) is 3.52. The number of rotatable bonds is 5. The highest BCUT2D eigenvalue weighted by Crippen LogP contribution is 2.26. The molecule has 2 atom stereocenters. The molecule has 1 heterocycles. The summed E-state index contributed by atoms with van der Waals surface area (Å²) in [4.78, 5) is 14.1. The molecule has 0 aromatic carbocycles. The lowest BCUT2D eigenvalue weighted by molar-refractivity contribution is -0.121. The summed E-state index contributed by atoms with van der Waals surface area (Å²) in [6, 6.07) is 0.560. The first-order chi connectivity index (χ1) is 8.31. The summed E-state index contributed by atoms with van der Waals surface area (Å²) in [5.74, 6) is 0.826. The van der Waals surface area contributed by atoms with Crippen molar-refractivity contribution in [1.82, 2.24) is 4.90 Å². The van der Waals surface area contributed by atoms with Gasteiger partial charge in [0, 0.05) is 25.0 Å². The van der Waals surface area contributed by atoms with E-state index < -0.39 is 0 Å². The molecule has 1 aliphatic carbocycles. The van der Waals surface area contributed by atoms with Gasteiger partial charge in [0.25, 0.3) is 0 Å². The number of aliphatic hydroxyl groups excluding tert-OH is 1. The van der Waals surface area contributed by atoms with E-state index in [9.17, 15) is 4.79 Å². The molecule has 3 heteroatoms. The summed E-state index contributed by atoms with van der Waals surface area (Å²) in [6.07, 6.45) is 8.76. The van der Waals surface area contributed by atoms with E-state index in [0.29, 0.717) is 24.3 Å². The average molecular weight is 239 g/mol. The SMILES string of the molecule is O=C1CCCC1CCN1CCCCC1CCO. The van der Waals surface area contributed by atoms with Crippen molar-refractivity contribution in [2.24, 2.45) is 5.92 Å². The Bertz CT molecular complexity index is 253. The minimum atomic E-state index is 0.295. The van der Waals surface area contributed by atoms with Crippen LogP contribution >= 0.6 is 0 Å². The molecule has 1 N–H and O–H groups in total. The predicted octanol–water partition coefficient (Wildman–Crippen LogP) is 1.98. The number of hydrogen-bond donors (Lipinski definition) is 1. The molecule has 98 valence electrons. The van der Waals surface area contributed by atoms with Gasteiger partial charge < -0.3 is 10.0 Å². The second kappa shape index (κ2) is 6.50. The number of ketones is 1. The Kier molecular flexibility index (Phi) is 4.99. The molecule has 1 saturated carbocycles. The van der Waals surface area contributed by atoms with Gasteiger partial charge in [0.15, 0.2) is 0 Å². The number of aliphatic hydroxyl groups is 1. The highest BCUT2D eigenvalue weighted by Gasteiger charge is 2.27. The van der Waals surface area contributed by atoms with Gasteiger partial charge in [-0.05, 0) is 51.6 Å². The predicted molar refractivity (Wildman–Crippen MR) is 67.9 cm³/mol. The van der Waals surface area contributed by atoms with Crippen molar-refractivity contribution < 1.29 is 9.90 Å². The molecule has 2 rings (SSSR count). The van der Waals surface area contributed by atoms with E-state index in [-0.39, 0.29) is 0 Å². The first kappa shape index (κ1) is 13.0. The molecular weight excluding hydrogens is 214 g/mol. The van der Waals surface area contributed by atoms with Gasteiger partial charge in [0.05, 0.1) is 0 Å². The minimum absolute atomic E-state index is 0.295. The Labute approximate surface area is 104 Å². The summed E-state index contributed by atoms with van der Waals surface area (Å²) in [6.45, 7) is 2.51. The second-order valence-corrected chi connectivity index (χ2v) is 5.54. The molecule has 1 aliphatic heterocycles. The van der Waals surface area contributed by atoms with Gasteiger partial charge in [-0.1, -0.05) is 6.42 Å². The van der Waals surface area contributed by atoms with Crippen LogP contribution in [0.4, 0.5) is 0 Å². The van der Waals surface area contributed by atoms with Gasteiger partial charge in [0.1, 0.15) is 5.78 Å². The van der Waals surface area contributed by atoms with Crippen LogP contribution in [0.3, 0.4) is 0 Å². The fourth-order valence-corrected chi connectivity index (χ4v) is 3.35. The first-order valence-corrected chi connectivity index (χ1v) is 7.19. The van der Waals surface area contributed by atoms with E-state index in [1.165, 1.54) is 19.3 Å². The lowest BCUT2D eigenvalue weighted by Gasteiger charge is -2.36. The highest BCUT2D eigenvalue weighted by atomic mass is 16.3. The maximum absolute atomic E-state index is 11.6. The Morgan fingerprint density at radius 2 is 2.06 bits per heavy atom. The Morgan fingerprint density at radius 1 is 1.18 bits per heavy atom. The fourth-order valence-electron chi connectivity index (χ4n) is 3.35. The number of Topliss-reactive ketones (excluding diaryl/α,β-unsaturated/α-hetero) is 1. The Morgan fingerprint density at radius 3 is 2.76 bits per heavy atom. The van der Waals surface area contributed by atoms with Gasteiger partial charge in [-0.25, -0.2) is 0 Å². The molecule has 0 amide bonds. The van der Waals surface area contributed by atoms with Crippen LogP contribution in [0.5, 0.6) is 0 Å². The van der Waals surface area contributed by atoms with E-state index in [1.54, 1.807) is 0 Å². The van der Waals surface area contributed by atoms with Crippen molar-refractivity contribution in [1.29, 1.82) is 0 Å². The van der Waals surface area contributed by atoms with Crippen LogP contribution in [0.1, 0.15) is 51.4 Å². The molecule has 0 bridgehead atoms. The largest absolute Gasteiger partial charge is 0.396 e. The third-order valence-corrected chi connectivity index (χ3v) is 4.41. The maximum atomic E-state index is 11.6. The van der Waals surface area contributed by atoms with Gasteiger partial charge in [-0.15, -0.1) is 0 Å². The van der Waals surface area contributed by atoms with Gasteiger partial charge in [-0.3, -0.25) is 4.79 Å². The van der Waals surface area contributed by atoms with Crippen molar-refractivity contribution in [2.75, 3.05) is 19.7 Å². The molecule has 1 saturated heterocycles. The highest BCUT2D eigenvalue weighted by molar-refractivity contribution is 5.82. The number of nitrogens with zero attached hydrogens (tertiary/aromatic N) is 1. The van der Waals surface area contributed by atoms with Gasteiger partial charge >= 0.3 is 0 Å². The molecule has 3 nitrogen and oxygen atoms in total. The van der Waals surface area contributed by atoms with Crippen LogP contribution in [-0.4, -0.2) is 41.5 Å². The zero-order chi connectivity index (χ0) is 12.1. The standard InChI is InChI=1S/C14H25NO2/c16-11-8-13-5-1-2-9-15(13)10-7-12-4-3-6-14(12)17/h12-13,16H,1-11H2. The number of carbonyl (C=O) groups is 1. The number of piperidine rings is 1. The van der Waals surface area contributed by atoms with Crippen LogP contribution in [0.15, 0.2) is 0 Å². The molecule has 0 aromatic heterocycles.